The summed E-state index contributed by atoms with van der Waals surface area (Å²) in [7, 11) is 0. The number of rotatable bonds is 29. The van der Waals surface area contributed by atoms with Crippen LogP contribution in [0.25, 0.3) is 0 Å². The Labute approximate surface area is 246 Å². The molecule has 0 fully saturated rings. The van der Waals surface area contributed by atoms with E-state index in [2.05, 4.69) is 34.6 Å². The SMILES string of the molecule is CC(C)CCC[C@@H](C)CCC[C@@H](C)CCCC(C)CCOC(=O)CCC(=O)OCCCOCCCOCCCO. The van der Waals surface area contributed by atoms with Gasteiger partial charge in [-0.3, -0.25) is 9.59 Å². The first kappa shape index (κ1) is 38.8. The molecule has 0 rings (SSSR count). The Morgan fingerprint density at radius 3 is 1.38 bits per heavy atom. The van der Waals surface area contributed by atoms with E-state index in [4.69, 9.17) is 24.1 Å². The van der Waals surface area contributed by atoms with Crippen molar-refractivity contribution < 1.29 is 33.6 Å². The molecule has 238 valence electrons. The number of carbonyl (C=O) groups excluding carboxylic acids is 2. The molecule has 0 aliphatic carbocycles. The maximum atomic E-state index is 12.0. The molecular formula is C33H64O7. The summed E-state index contributed by atoms with van der Waals surface area (Å²) in [5, 5.41) is 8.66. The van der Waals surface area contributed by atoms with Gasteiger partial charge >= 0.3 is 11.9 Å². The van der Waals surface area contributed by atoms with Crippen LogP contribution in [0.2, 0.25) is 0 Å². The molecule has 0 aliphatic heterocycles. The fourth-order valence-electron chi connectivity index (χ4n) is 4.64. The number of hydrogen-bond acceptors (Lipinski definition) is 7. The predicted molar refractivity (Wildman–Crippen MR) is 162 cm³/mol. The van der Waals surface area contributed by atoms with E-state index >= 15 is 0 Å². The van der Waals surface area contributed by atoms with Crippen molar-refractivity contribution in [2.75, 3.05) is 46.2 Å². The van der Waals surface area contributed by atoms with Gasteiger partial charge in [0.2, 0.25) is 0 Å². The first-order valence-corrected chi connectivity index (χ1v) is 16.3. The summed E-state index contributed by atoms with van der Waals surface area (Å²) in [5.74, 6) is 2.29. The molecule has 40 heavy (non-hydrogen) atoms. The summed E-state index contributed by atoms with van der Waals surface area (Å²) in [4.78, 5) is 23.8. The molecule has 3 atom stereocenters. The molecule has 0 amide bonds. The molecule has 1 N–H and O–H groups in total. The molecule has 7 heteroatoms. The second-order valence-electron chi connectivity index (χ2n) is 12.2. The highest BCUT2D eigenvalue weighted by molar-refractivity contribution is 5.77. The van der Waals surface area contributed by atoms with Gasteiger partial charge in [-0.1, -0.05) is 92.4 Å². The summed E-state index contributed by atoms with van der Waals surface area (Å²) in [5.41, 5.74) is 0. The summed E-state index contributed by atoms with van der Waals surface area (Å²) < 4.78 is 21.3. The van der Waals surface area contributed by atoms with Gasteiger partial charge in [0.05, 0.1) is 26.1 Å². The van der Waals surface area contributed by atoms with E-state index in [1.807, 2.05) is 0 Å². The molecule has 0 heterocycles. The van der Waals surface area contributed by atoms with Crippen molar-refractivity contribution in [3.8, 4) is 0 Å². The zero-order valence-electron chi connectivity index (χ0n) is 26.8. The second-order valence-corrected chi connectivity index (χ2v) is 12.2. The fraction of sp³-hybridized carbons (Fsp3) is 0.939. The maximum Gasteiger partial charge on any atom is 0.306 e. The lowest BCUT2D eigenvalue weighted by Gasteiger charge is -2.16. The van der Waals surface area contributed by atoms with Gasteiger partial charge in [-0.2, -0.15) is 0 Å². The second kappa shape index (κ2) is 28.0. The largest absolute Gasteiger partial charge is 0.466 e. The first-order valence-electron chi connectivity index (χ1n) is 16.3. The average molecular weight is 573 g/mol. The van der Waals surface area contributed by atoms with Crippen LogP contribution in [0.15, 0.2) is 0 Å². The van der Waals surface area contributed by atoms with E-state index in [9.17, 15) is 9.59 Å². The molecule has 1 unspecified atom stereocenters. The maximum absolute atomic E-state index is 12.0. The monoisotopic (exact) mass is 572 g/mol. The van der Waals surface area contributed by atoms with Crippen LogP contribution in [0.3, 0.4) is 0 Å². The van der Waals surface area contributed by atoms with E-state index in [0.29, 0.717) is 51.8 Å². The zero-order chi connectivity index (χ0) is 29.8. The summed E-state index contributed by atoms with van der Waals surface area (Å²) in [6.07, 6.45) is 14.9. The number of aliphatic hydroxyl groups excluding tert-OH is 1. The number of aliphatic hydroxyl groups is 1. The topological polar surface area (TPSA) is 91.3 Å². The molecule has 0 spiro atoms. The van der Waals surface area contributed by atoms with Crippen LogP contribution in [-0.2, 0) is 28.5 Å². The Kier molecular flexibility index (Phi) is 27.1. The minimum Gasteiger partial charge on any atom is -0.466 e. The van der Waals surface area contributed by atoms with Crippen LogP contribution in [0.5, 0.6) is 0 Å². The minimum atomic E-state index is -0.377. The molecule has 0 radical (unpaired) electrons. The standard InChI is InChI=1S/C33H64O7/c1-28(2)12-6-13-29(3)14-7-15-30(4)16-8-17-31(5)20-27-40-33(36)19-18-32(35)39-26-11-25-38-24-10-23-37-22-9-21-34/h28-31,34H,6-27H2,1-5H3/t29-,30-,31?/m1/s1. The van der Waals surface area contributed by atoms with Crippen molar-refractivity contribution in [2.45, 2.75) is 131 Å². The molecule has 0 aromatic rings. The summed E-state index contributed by atoms with van der Waals surface area (Å²) in [6.45, 7) is 14.8. The molecule has 0 saturated heterocycles. The molecular weight excluding hydrogens is 508 g/mol. The molecule has 0 bridgehead atoms. The Hall–Kier alpha value is -1.18. The van der Waals surface area contributed by atoms with Crippen LogP contribution in [0.4, 0.5) is 0 Å². The molecule has 0 aromatic carbocycles. The van der Waals surface area contributed by atoms with Gasteiger partial charge in [-0.25, -0.2) is 0 Å². The van der Waals surface area contributed by atoms with Gasteiger partial charge in [-0.15, -0.1) is 0 Å². The first-order chi connectivity index (χ1) is 19.2. The molecule has 7 nitrogen and oxygen atoms in total. The smallest absolute Gasteiger partial charge is 0.306 e. The van der Waals surface area contributed by atoms with E-state index in [-0.39, 0.29) is 38.0 Å². The lowest BCUT2D eigenvalue weighted by molar-refractivity contribution is -0.150. The summed E-state index contributed by atoms with van der Waals surface area (Å²) in [6, 6.07) is 0. The van der Waals surface area contributed by atoms with Crippen molar-refractivity contribution >= 4 is 11.9 Å². The zero-order valence-corrected chi connectivity index (χ0v) is 26.8. The number of hydrogen-bond donors (Lipinski definition) is 1. The van der Waals surface area contributed by atoms with Crippen LogP contribution in [-0.4, -0.2) is 63.3 Å². The van der Waals surface area contributed by atoms with Crippen molar-refractivity contribution in [1.82, 2.24) is 0 Å². The van der Waals surface area contributed by atoms with Crippen molar-refractivity contribution in [1.29, 1.82) is 0 Å². The highest BCUT2D eigenvalue weighted by Crippen LogP contribution is 2.22. The Morgan fingerprint density at radius 2 is 0.900 bits per heavy atom. The van der Waals surface area contributed by atoms with Gasteiger partial charge in [0.15, 0.2) is 0 Å². The van der Waals surface area contributed by atoms with Crippen LogP contribution >= 0.6 is 0 Å². The minimum absolute atomic E-state index is 0.0506. The highest BCUT2D eigenvalue weighted by atomic mass is 16.5. The predicted octanol–water partition coefficient (Wildman–Crippen LogP) is 7.51. The Morgan fingerprint density at radius 1 is 0.500 bits per heavy atom. The van der Waals surface area contributed by atoms with Crippen LogP contribution in [0.1, 0.15) is 131 Å². The van der Waals surface area contributed by atoms with Gasteiger partial charge in [0.25, 0.3) is 0 Å². The third-order valence-electron chi connectivity index (χ3n) is 7.39. The van der Waals surface area contributed by atoms with Gasteiger partial charge in [-0.05, 0) is 42.9 Å². The third kappa shape index (κ3) is 28.4. The average Bonchev–Trinajstić information content (AvgIpc) is 2.90. The van der Waals surface area contributed by atoms with Gasteiger partial charge in [0.1, 0.15) is 0 Å². The Balaban J connectivity index is 3.58. The van der Waals surface area contributed by atoms with E-state index in [1.165, 1.54) is 57.8 Å². The number of carbonyl (C=O) groups is 2. The molecule has 0 saturated carbocycles. The number of ether oxygens (including phenoxy) is 4. The van der Waals surface area contributed by atoms with Crippen molar-refractivity contribution in [3.05, 3.63) is 0 Å². The van der Waals surface area contributed by atoms with Crippen LogP contribution < -0.4 is 0 Å². The van der Waals surface area contributed by atoms with E-state index in [0.717, 1.165) is 30.6 Å². The van der Waals surface area contributed by atoms with Gasteiger partial charge in [0, 0.05) is 39.5 Å². The van der Waals surface area contributed by atoms with E-state index in [1.54, 1.807) is 0 Å². The third-order valence-corrected chi connectivity index (χ3v) is 7.39. The lowest BCUT2D eigenvalue weighted by Crippen LogP contribution is -2.13. The van der Waals surface area contributed by atoms with E-state index < -0.39 is 0 Å². The normalized spacial score (nSPS) is 13.8. The molecule has 0 aromatic heterocycles. The molecule has 0 aliphatic rings. The lowest BCUT2D eigenvalue weighted by atomic mass is 9.91. The van der Waals surface area contributed by atoms with Crippen molar-refractivity contribution in [2.24, 2.45) is 23.7 Å². The van der Waals surface area contributed by atoms with Gasteiger partial charge < -0.3 is 24.1 Å². The fourth-order valence-corrected chi connectivity index (χ4v) is 4.64. The number of esters is 2. The Bertz CT molecular complexity index is 581. The summed E-state index contributed by atoms with van der Waals surface area (Å²) >= 11 is 0. The van der Waals surface area contributed by atoms with Crippen LogP contribution in [0, 0.1) is 23.7 Å². The quantitative estimate of drug-likeness (QED) is 0.0732. The van der Waals surface area contributed by atoms with Crippen molar-refractivity contribution in [3.63, 3.8) is 0 Å². The highest BCUT2D eigenvalue weighted by Gasteiger charge is 2.11.